The summed E-state index contributed by atoms with van der Waals surface area (Å²) >= 11 is 5.58. The minimum Gasteiger partial charge on any atom is -0.484 e. The van der Waals surface area contributed by atoms with Crippen molar-refractivity contribution in [2.75, 3.05) is 13.2 Å². The fraction of sp³-hybridized carbons (Fsp3) is 0.450. The van der Waals surface area contributed by atoms with Crippen LogP contribution in [0.1, 0.15) is 37.1 Å². The average Bonchev–Trinajstić information content (AvgIpc) is 3.40. The van der Waals surface area contributed by atoms with E-state index in [1.54, 1.807) is 0 Å². The van der Waals surface area contributed by atoms with Gasteiger partial charge in [-0.1, -0.05) is 18.2 Å². The molecule has 0 spiro atoms. The van der Waals surface area contributed by atoms with Crippen LogP contribution < -0.4 is 10.1 Å². The second-order valence-electron chi connectivity index (χ2n) is 7.13. The lowest BCUT2D eigenvalue weighted by Crippen LogP contribution is -2.28. The summed E-state index contributed by atoms with van der Waals surface area (Å²) in [6.07, 6.45) is -4.69. The van der Waals surface area contributed by atoms with Crippen molar-refractivity contribution in [3.05, 3.63) is 53.1 Å². The highest BCUT2D eigenvalue weighted by molar-refractivity contribution is 6.30. The second-order valence-corrected chi connectivity index (χ2v) is 7.54. The number of nitrogens with zero attached hydrogens (tertiary/aromatic N) is 2. The molecule has 13 heteroatoms. The van der Waals surface area contributed by atoms with Gasteiger partial charge in [-0.05, 0) is 31.4 Å². The molecule has 1 aliphatic rings. The highest BCUT2D eigenvalue weighted by Gasteiger charge is 2.35. The van der Waals surface area contributed by atoms with Crippen LogP contribution in [0.15, 0.2) is 34.9 Å². The number of alkyl halides is 3. The molecule has 1 amide bonds. The topological polar surface area (TPSA) is 95.7 Å². The molecule has 1 saturated heterocycles. The largest absolute Gasteiger partial charge is 0.522 e. The molecule has 1 aromatic carbocycles. The Hall–Kier alpha value is -2.70. The number of halogens is 5. The molecule has 0 radical (unpaired) electrons. The molecule has 2 atom stereocenters. The molecule has 1 N–H and O–H groups in total. The van der Waals surface area contributed by atoms with Gasteiger partial charge in [0.25, 0.3) is 5.91 Å². The van der Waals surface area contributed by atoms with Crippen molar-refractivity contribution in [1.82, 2.24) is 15.5 Å². The summed E-state index contributed by atoms with van der Waals surface area (Å²) in [5, 5.41) is 10.2. The molecule has 1 aliphatic heterocycles. The van der Waals surface area contributed by atoms with Crippen molar-refractivity contribution in [3.8, 4) is 5.75 Å². The normalized spacial score (nSPS) is 18.3. The molecule has 2 heterocycles. The maximum atomic E-state index is 13.4. The van der Waals surface area contributed by atoms with Gasteiger partial charge in [0.15, 0.2) is 6.61 Å². The Morgan fingerprint density at radius 1 is 1.30 bits per heavy atom. The molecule has 0 bridgehead atoms. The zero-order valence-corrected chi connectivity index (χ0v) is 17.9. The van der Waals surface area contributed by atoms with Gasteiger partial charge in [-0.3, -0.25) is 9.53 Å². The summed E-state index contributed by atoms with van der Waals surface area (Å²) in [5.41, 5.74) is 0.368. The summed E-state index contributed by atoms with van der Waals surface area (Å²) in [5.74, 6) is -0.582. The van der Waals surface area contributed by atoms with Crippen molar-refractivity contribution in [3.63, 3.8) is 0 Å². The minimum atomic E-state index is -4.71. The first-order valence-electron chi connectivity index (χ1n) is 9.83. The molecular formula is C20H20ClF4N3O5. The highest BCUT2D eigenvalue weighted by atomic mass is 35.5. The van der Waals surface area contributed by atoms with Crippen LogP contribution in [0.25, 0.3) is 0 Å². The number of ether oxygens (including phenoxy) is 3. The van der Waals surface area contributed by atoms with E-state index in [-0.39, 0.29) is 42.0 Å². The van der Waals surface area contributed by atoms with Crippen molar-refractivity contribution < 1.29 is 41.0 Å². The van der Waals surface area contributed by atoms with E-state index < -0.39 is 36.9 Å². The standard InChI is InChI=1S/C20H20ClF4N3O5/c1-11(26-17(29)10-30-12-3-5-14(21)15(22)8-12)2-7-18-27-28-19(33-18)16-6-4-13(32-16)9-31-20(23,24)25/h3,5,8,13,16H,1-2,4,6-7,9-10H2,(H,26,29). The van der Waals surface area contributed by atoms with E-state index in [1.807, 2.05) is 0 Å². The Labute approximate surface area is 190 Å². The maximum absolute atomic E-state index is 13.4. The number of benzene rings is 1. The fourth-order valence-corrected chi connectivity index (χ4v) is 3.08. The number of hydrogen-bond donors (Lipinski definition) is 1. The lowest BCUT2D eigenvalue weighted by molar-refractivity contribution is -0.331. The Bertz CT molecular complexity index is 985. The van der Waals surface area contributed by atoms with Crippen LogP contribution in [0, 0.1) is 5.82 Å². The van der Waals surface area contributed by atoms with Crippen LogP contribution in [-0.4, -0.2) is 41.8 Å². The Kier molecular flexibility index (Phi) is 8.27. The van der Waals surface area contributed by atoms with E-state index in [2.05, 4.69) is 26.8 Å². The molecule has 2 aromatic rings. The number of aromatic nitrogens is 2. The average molecular weight is 494 g/mol. The number of amides is 1. The molecule has 8 nitrogen and oxygen atoms in total. The third-order valence-corrected chi connectivity index (χ3v) is 4.82. The predicted molar refractivity (Wildman–Crippen MR) is 106 cm³/mol. The minimum absolute atomic E-state index is 0.0563. The van der Waals surface area contributed by atoms with Crippen LogP contribution in [0.2, 0.25) is 5.02 Å². The van der Waals surface area contributed by atoms with Crippen molar-refractivity contribution in [2.45, 2.75) is 44.3 Å². The first kappa shape index (κ1) is 24.9. The van der Waals surface area contributed by atoms with Gasteiger partial charge >= 0.3 is 6.36 Å². The Morgan fingerprint density at radius 2 is 2.09 bits per heavy atom. The van der Waals surface area contributed by atoms with Gasteiger partial charge in [-0.15, -0.1) is 23.4 Å². The number of aryl methyl sites for hydroxylation is 1. The zero-order valence-electron chi connectivity index (χ0n) is 17.2. The van der Waals surface area contributed by atoms with Gasteiger partial charge < -0.3 is 19.2 Å². The third-order valence-electron chi connectivity index (χ3n) is 4.52. The van der Waals surface area contributed by atoms with Gasteiger partial charge in [0.05, 0.1) is 17.7 Å². The van der Waals surface area contributed by atoms with Gasteiger partial charge in [0.2, 0.25) is 11.8 Å². The molecule has 2 unspecified atom stereocenters. The Balaban J connectivity index is 1.37. The quantitative estimate of drug-likeness (QED) is 0.494. The molecule has 0 aliphatic carbocycles. The molecular weight excluding hydrogens is 474 g/mol. The number of allylic oxidation sites excluding steroid dienone is 1. The SMILES string of the molecule is C=C(CCc1nnc(C2CCC(COC(F)(F)F)O2)o1)NC(=O)COc1ccc(Cl)c(F)c1. The summed E-state index contributed by atoms with van der Waals surface area (Å²) in [6, 6.07) is 3.81. The van der Waals surface area contributed by atoms with E-state index in [0.29, 0.717) is 18.5 Å². The predicted octanol–water partition coefficient (Wildman–Crippen LogP) is 4.26. The number of carbonyl (C=O) groups excluding carboxylic acids is 1. The highest BCUT2D eigenvalue weighted by Crippen LogP contribution is 2.33. The van der Waals surface area contributed by atoms with Crippen LogP contribution in [0.3, 0.4) is 0 Å². The van der Waals surface area contributed by atoms with Crippen molar-refractivity contribution in [1.29, 1.82) is 0 Å². The molecule has 3 rings (SSSR count). The van der Waals surface area contributed by atoms with Gasteiger partial charge in [-0.25, -0.2) is 4.39 Å². The summed E-state index contributed by atoms with van der Waals surface area (Å²) < 4.78 is 69.7. The van der Waals surface area contributed by atoms with Crippen LogP contribution in [0.5, 0.6) is 5.75 Å². The Morgan fingerprint density at radius 3 is 2.82 bits per heavy atom. The lowest BCUT2D eigenvalue weighted by atomic mass is 10.2. The number of hydrogen-bond acceptors (Lipinski definition) is 7. The molecule has 1 aromatic heterocycles. The van der Waals surface area contributed by atoms with Crippen LogP contribution >= 0.6 is 11.6 Å². The summed E-state index contributed by atoms with van der Waals surface area (Å²) in [6.45, 7) is 2.78. The third kappa shape index (κ3) is 7.98. The van der Waals surface area contributed by atoms with E-state index in [4.69, 9.17) is 25.5 Å². The van der Waals surface area contributed by atoms with Crippen LogP contribution in [-0.2, 0) is 20.7 Å². The lowest BCUT2D eigenvalue weighted by Gasteiger charge is -2.13. The van der Waals surface area contributed by atoms with Crippen molar-refractivity contribution in [2.24, 2.45) is 0 Å². The molecule has 33 heavy (non-hydrogen) atoms. The molecule has 0 saturated carbocycles. The number of carbonyl (C=O) groups is 1. The van der Waals surface area contributed by atoms with Gasteiger partial charge in [-0.2, -0.15) is 0 Å². The first-order chi connectivity index (χ1) is 15.6. The van der Waals surface area contributed by atoms with Crippen molar-refractivity contribution >= 4 is 17.5 Å². The monoisotopic (exact) mass is 493 g/mol. The summed E-state index contributed by atoms with van der Waals surface area (Å²) in [7, 11) is 0. The smallest absolute Gasteiger partial charge is 0.484 e. The van der Waals surface area contributed by atoms with E-state index in [1.165, 1.54) is 12.1 Å². The zero-order chi connectivity index (χ0) is 24.0. The molecule has 180 valence electrons. The van der Waals surface area contributed by atoms with Crippen LogP contribution in [0.4, 0.5) is 17.6 Å². The van der Waals surface area contributed by atoms with E-state index in [9.17, 15) is 22.4 Å². The van der Waals surface area contributed by atoms with Gasteiger partial charge in [0.1, 0.15) is 17.7 Å². The number of rotatable bonds is 10. The van der Waals surface area contributed by atoms with E-state index in [0.717, 1.165) is 6.07 Å². The first-order valence-corrected chi connectivity index (χ1v) is 10.2. The van der Waals surface area contributed by atoms with Gasteiger partial charge in [0, 0.05) is 18.2 Å². The molecule has 1 fully saturated rings. The second kappa shape index (κ2) is 10.9. The number of nitrogens with one attached hydrogen (secondary N) is 1. The maximum Gasteiger partial charge on any atom is 0.522 e. The van der Waals surface area contributed by atoms with E-state index >= 15 is 0 Å². The fourth-order valence-electron chi connectivity index (χ4n) is 2.96. The summed E-state index contributed by atoms with van der Waals surface area (Å²) in [4.78, 5) is 11.9.